The predicted molar refractivity (Wildman–Crippen MR) is 109 cm³/mol. The normalized spacial score (nSPS) is 29.8. The van der Waals surface area contributed by atoms with E-state index in [1.807, 2.05) is 18.2 Å². The SMILES string of the molecule is CCc1ccc(Cc2ccc3c(c2)[C@@]2(OC3)O[C@H](CO)[C@@H](O)[C@H](O)[C@H]2O)cc1.O.O. The van der Waals surface area contributed by atoms with Gasteiger partial charge in [-0.3, -0.25) is 0 Å². The second-order valence-electron chi connectivity index (χ2n) is 7.56. The van der Waals surface area contributed by atoms with Gasteiger partial charge in [-0.05, 0) is 41.2 Å². The molecule has 30 heavy (non-hydrogen) atoms. The summed E-state index contributed by atoms with van der Waals surface area (Å²) in [6, 6.07) is 14.3. The Hall–Kier alpha value is -1.88. The van der Waals surface area contributed by atoms with Gasteiger partial charge in [-0.1, -0.05) is 43.3 Å². The molecule has 2 heterocycles. The van der Waals surface area contributed by atoms with Crippen molar-refractivity contribution in [2.75, 3.05) is 6.61 Å². The third kappa shape index (κ3) is 4.01. The topological polar surface area (TPSA) is 162 Å². The van der Waals surface area contributed by atoms with Crippen molar-refractivity contribution in [3.8, 4) is 0 Å². The van der Waals surface area contributed by atoms with Crippen LogP contribution < -0.4 is 0 Å². The molecular weight excluding hydrogens is 392 g/mol. The number of aryl methyl sites for hydroxylation is 1. The van der Waals surface area contributed by atoms with Crippen LogP contribution in [0.5, 0.6) is 0 Å². The molecule has 166 valence electrons. The zero-order valence-corrected chi connectivity index (χ0v) is 16.8. The second-order valence-corrected chi connectivity index (χ2v) is 7.56. The molecule has 4 rings (SSSR count). The lowest BCUT2D eigenvalue weighted by molar-refractivity contribution is -0.368. The first-order chi connectivity index (χ1) is 13.5. The van der Waals surface area contributed by atoms with E-state index in [0.29, 0.717) is 12.0 Å². The van der Waals surface area contributed by atoms with Crippen LogP contribution in [0.4, 0.5) is 0 Å². The number of aliphatic hydroxyl groups is 4. The Morgan fingerprint density at radius 2 is 1.57 bits per heavy atom. The highest BCUT2D eigenvalue weighted by molar-refractivity contribution is 5.41. The smallest absolute Gasteiger partial charge is 0.225 e. The van der Waals surface area contributed by atoms with Crippen LogP contribution >= 0.6 is 0 Å². The largest absolute Gasteiger partial charge is 0.412 e. The van der Waals surface area contributed by atoms with Gasteiger partial charge in [-0.15, -0.1) is 0 Å². The minimum Gasteiger partial charge on any atom is -0.412 e. The number of rotatable bonds is 4. The first kappa shape index (κ1) is 24.4. The molecule has 2 aromatic carbocycles. The summed E-state index contributed by atoms with van der Waals surface area (Å²) in [6.45, 7) is 1.85. The molecule has 0 unspecified atom stereocenters. The van der Waals surface area contributed by atoms with Crippen LogP contribution in [0, 0.1) is 0 Å². The zero-order chi connectivity index (χ0) is 19.9. The summed E-state index contributed by atoms with van der Waals surface area (Å²) >= 11 is 0. The first-order valence-corrected chi connectivity index (χ1v) is 9.65. The summed E-state index contributed by atoms with van der Waals surface area (Å²) in [7, 11) is 0. The van der Waals surface area contributed by atoms with Gasteiger partial charge in [0.15, 0.2) is 0 Å². The van der Waals surface area contributed by atoms with E-state index < -0.39 is 36.8 Å². The van der Waals surface area contributed by atoms with Crippen LogP contribution in [0.3, 0.4) is 0 Å². The third-order valence-electron chi connectivity index (χ3n) is 5.78. The lowest BCUT2D eigenvalue weighted by Gasteiger charge is -2.46. The summed E-state index contributed by atoms with van der Waals surface area (Å²) in [6.07, 6.45) is -3.69. The zero-order valence-electron chi connectivity index (χ0n) is 16.8. The van der Waals surface area contributed by atoms with Gasteiger partial charge in [0, 0.05) is 5.56 Å². The van der Waals surface area contributed by atoms with E-state index in [0.717, 1.165) is 17.5 Å². The van der Waals surface area contributed by atoms with Crippen LogP contribution in [0.15, 0.2) is 42.5 Å². The van der Waals surface area contributed by atoms with Crippen molar-refractivity contribution >= 4 is 0 Å². The van der Waals surface area contributed by atoms with E-state index in [-0.39, 0.29) is 17.6 Å². The van der Waals surface area contributed by atoms with Gasteiger partial charge in [-0.2, -0.15) is 0 Å². The van der Waals surface area contributed by atoms with Crippen molar-refractivity contribution in [1.29, 1.82) is 0 Å². The lowest BCUT2D eigenvalue weighted by atomic mass is 9.86. The van der Waals surface area contributed by atoms with Gasteiger partial charge in [-0.25, -0.2) is 0 Å². The van der Waals surface area contributed by atoms with Crippen molar-refractivity contribution in [3.05, 3.63) is 70.3 Å². The van der Waals surface area contributed by atoms with Crippen molar-refractivity contribution in [1.82, 2.24) is 0 Å². The highest BCUT2D eigenvalue weighted by atomic mass is 16.7. The van der Waals surface area contributed by atoms with Crippen molar-refractivity contribution in [3.63, 3.8) is 0 Å². The van der Waals surface area contributed by atoms with E-state index in [1.165, 1.54) is 11.1 Å². The standard InChI is InChI=1S/C22H26O6.2H2O/c1-2-13-3-5-14(6-4-13)9-15-7-8-16-12-27-22(17(16)10-15)21(26)20(25)19(24)18(11-23)28-22;;/h3-8,10,18-21,23-26H,2,9,11-12H2,1H3;2*1H2/t18-,19-,20+,21-,22-;;/m1../s1. The maximum atomic E-state index is 10.7. The molecule has 8 heteroatoms. The number of hydrogen-bond acceptors (Lipinski definition) is 6. The fourth-order valence-electron chi connectivity index (χ4n) is 4.06. The maximum absolute atomic E-state index is 10.7. The van der Waals surface area contributed by atoms with Crippen molar-refractivity contribution in [2.45, 2.75) is 56.6 Å². The van der Waals surface area contributed by atoms with E-state index in [4.69, 9.17) is 9.47 Å². The van der Waals surface area contributed by atoms with Gasteiger partial charge in [0.25, 0.3) is 0 Å². The molecule has 5 atom stereocenters. The van der Waals surface area contributed by atoms with Crippen LogP contribution in [-0.2, 0) is 34.7 Å². The van der Waals surface area contributed by atoms with Gasteiger partial charge >= 0.3 is 0 Å². The molecular formula is C22H30O8. The molecule has 0 radical (unpaired) electrons. The molecule has 2 aromatic rings. The number of benzene rings is 2. The number of hydrogen-bond donors (Lipinski definition) is 4. The van der Waals surface area contributed by atoms with Crippen molar-refractivity contribution < 1.29 is 40.9 Å². The lowest BCUT2D eigenvalue weighted by Crippen LogP contribution is -2.63. The molecule has 8 nitrogen and oxygen atoms in total. The molecule has 1 fully saturated rings. The average Bonchev–Trinajstić information content (AvgIpc) is 3.08. The van der Waals surface area contributed by atoms with Gasteiger partial charge in [0.05, 0.1) is 13.2 Å². The minimum absolute atomic E-state index is 0. The molecule has 0 aromatic heterocycles. The van der Waals surface area contributed by atoms with E-state index in [9.17, 15) is 20.4 Å². The number of ether oxygens (including phenoxy) is 2. The minimum atomic E-state index is -1.59. The Bertz CT molecular complexity index is 838. The predicted octanol–water partition coefficient (Wildman–Crippen LogP) is -0.653. The number of fused-ring (bicyclic) bond motifs is 2. The fraction of sp³-hybridized carbons (Fsp3) is 0.455. The molecule has 0 saturated carbocycles. The van der Waals surface area contributed by atoms with Gasteiger partial charge in [0.2, 0.25) is 5.79 Å². The Morgan fingerprint density at radius 3 is 2.20 bits per heavy atom. The molecule has 2 aliphatic heterocycles. The van der Waals surface area contributed by atoms with Crippen LogP contribution in [-0.4, -0.2) is 62.4 Å². The maximum Gasteiger partial charge on any atom is 0.225 e. The number of aliphatic hydroxyl groups excluding tert-OH is 4. The van der Waals surface area contributed by atoms with Crippen LogP contribution in [0.1, 0.15) is 34.7 Å². The Balaban J connectivity index is 0.00000160. The highest BCUT2D eigenvalue weighted by Gasteiger charge is 2.58. The highest BCUT2D eigenvalue weighted by Crippen LogP contribution is 2.46. The molecule has 1 spiro atoms. The fourth-order valence-corrected chi connectivity index (χ4v) is 4.06. The van der Waals surface area contributed by atoms with Gasteiger partial charge in [0.1, 0.15) is 24.4 Å². The Labute approximate surface area is 174 Å². The second kappa shape index (κ2) is 9.51. The molecule has 0 aliphatic carbocycles. The molecule has 8 N–H and O–H groups in total. The Kier molecular flexibility index (Phi) is 7.73. The summed E-state index contributed by atoms with van der Waals surface area (Å²) in [5, 5.41) is 40.5. The average molecular weight is 422 g/mol. The van der Waals surface area contributed by atoms with E-state index >= 15 is 0 Å². The van der Waals surface area contributed by atoms with Crippen molar-refractivity contribution in [2.24, 2.45) is 0 Å². The summed E-state index contributed by atoms with van der Waals surface area (Å²) in [5.41, 5.74) is 4.95. The summed E-state index contributed by atoms with van der Waals surface area (Å²) < 4.78 is 11.6. The summed E-state index contributed by atoms with van der Waals surface area (Å²) in [5.74, 6) is -1.59. The van der Waals surface area contributed by atoms with E-state index in [1.54, 1.807) is 0 Å². The van der Waals surface area contributed by atoms with E-state index in [2.05, 4.69) is 31.2 Å². The molecule has 1 saturated heterocycles. The monoisotopic (exact) mass is 422 g/mol. The molecule has 2 aliphatic rings. The van der Waals surface area contributed by atoms with Crippen LogP contribution in [0.2, 0.25) is 0 Å². The summed E-state index contributed by atoms with van der Waals surface area (Å²) in [4.78, 5) is 0. The Morgan fingerprint density at radius 1 is 0.933 bits per heavy atom. The quantitative estimate of drug-likeness (QED) is 0.511. The molecule has 0 amide bonds. The third-order valence-corrected chi connectivity index (χ3v) is 5.78. The first-order valence-electron chi connectivity index (χ1n) is 9.65. The molecule has 0 bridgehead atoms. The van der Waals surface area contributed by atoms with Gasteiger partial charge < -0.3 is 40.9 Å². The van der Waals surface area contributed by atoms with Crippen LogP contribution in [0.25, 0.3) is 0 Å².